The first kappa shape index (κ1) is 21.8. The Bertz CT molecular complexity index is 957. The zero-order valence-electron chi connectivity index (χ0n) is 16.7. The van der Waals surface area contributed by atoms with Gasteiger partial charge in [-0.2, -0.15) is 0 Å². The number of rotatable bonds is 7. The maximum absolute atomic E-state index is 13.0. The Morgan fingerprint density at radius 1 is 1.21 bits per heavy atom. The van der Waals surface area contributed by atoms with Gasteiger partial charge in [0.2, 0.25) is 0 Å². The smallest absolute Gasteiger partial charge is 0.261 e. The molecule has 0 spiro atoms. The van der Waals surface area contributed by atoms with E-state index in [9.17, 15) is 13.2 Å². The first-order valence-electron chi connectivity index (χ1n) is 9.70. The summed E-state index contributed by atoms with van der Waals surface area (Å²) < 4.78 is 30.6. The fourth-order valence-corrected chi connectivity index (χ4v) is 5.63. The van der Waals surface area contributed by atoms with Crippen molar-refractivity contribution in [1.29, 1.82) is 0 Å². The highest BCUT2D eigenvalue weighted by Crippen LogP contribution is 2.23. The number of hydrogen-bond donors (Lipinski definition) is 0. The van der Waals surface area contributed by atoms with Crippen molar-refractivity contribution in [2.45, 2.75) is 38.8 Å². The summed E-state index contributed by atoms with van der Waals surface area (Å²) in [5.41, 5.74) is 2.15. The van der Waals surface area contributed by atoms with E-state index in [1.54, 1.807) is 4.90 Å². The Hall–Kier alpha value is -1.86. The van der Waals surface area contributed by atoms with Crippen LogP contribution in [0.15, 0.2) is 53.0 Å². The number of carbonyl (C=O) groups is 1. The molecule has 2 aromatic rings. The topological polar surface area (TPSA) is 63.7 Å². The predicted molar refractivity (Wildman–Crippen MR) is 118 cm³/mol. The van der Waals surface area contributed by atoms with Crippen molar-refractivity contribution in [2.75, 3.05) is 18.1 Å². The molecule has 0 aliphatic carbocycles. The second-order valence-corrected chi connectivity index (χ2v) is 10.9. The highest BCUT2D eigenvalue weighted by atomic mass is 79.9. The Balaban J connectivity index is 1.71. The van der Waals surface area contributed by atoms with Crippen molar-refractivity contribution in [1.82, 2.24) is 4.90 Å². The van der Waals surface area contributed by atoms with Gasteiger partial charge in [0.15, 0.2) is 16.4 Å². The molecule has 1 heterocycles. The summed E-state index contributed by atoms with van der Waals surface area (Å²) in [7, 11) is -3.10. The number of nitrogens with zero attached hydrogens (tertiary/aromatic N) is 1. The van der Waals surface area contributed by atoms with Gasteiger partial charge in [-0.05, 0) is 47.7 Å². The number of ether oxygens (including phenoxy) is 1. The molecule has 1 amide bonds. The van der Waals surface area contributed by atoms with Gasteiger partial charge >= 0.3 is 0 Å². The summed E-state index contributed by atoms with van der Waals surface area (Å²) >= 11 is 3.44. The quantitative estimate of drug-likeness (QED) is 0.597. The van der Waals surface area contributed by atoms with Crippen LogP contribution >= 0.6 is 15.9 Å². The first-order chi connectivity index (χ1) is 13.7. The third kappa shape index (κ3) is 6.06. The average Bonchev–Trinajstić information content (AvgIpc) is 3.04. The van der Waals surface area contributed by atoms with Crippen LogP contribution in [-0.4, -0.2) is 43.4 Å². The zero-order chi connectivity index (χ0) is 21.0. The third-order valence-corrected chi connectivity index (χ3v) is 7.36. The fourth-order valence-electron chi connectivity index (χ4n) is 3.45. The molecule has 1 fully saturated rings. The summed E-state index contributed by atoms with van der Waals surface area (Å²) in [5, 5.41) is 0. The van der Waals surface area contributed by atoms with E-state index in [-0.39, 0.29) is 30.1 Å². The summed E-state index contributed by atoms with van der Waals surface area (Å²) in [4.78, 5) is 14.6. The van der Waals surface area contributed by atoms with Crippen LogP contribution in [0.4, 0.5) is 0 Å². The first-order valence-corrected chi connectivity index (χ1v) is 12.3. The Morgan fingerprint density at radius 3 is 2.52 bits per heavy atom. The Kier molecular flexibility index (Phi) is 7.01. The average molecular weight is 480 g/mol. The lowest BCUT2D eigenvalue weighted by Gasteiger charge is -2.28. The van der Waals surface area contributed by atoms with Crippen molar-refractivity contribution < 1.29 is 17.9 Å². The Morgan fingerprint density at radius 2 is 1.93 bits per heavy atom. The molecule has 1 saturated heterocycles. The molecule has 7 heteroatoms. The maximum Gasteiger partial charge on any atom is 0.261 e. The van der Waals surface area contributed by atoms with Gasteiger partial charge in [-0.1, -0.05) is 54.0 Å². The highest BCUT2D eigenvalue weighted by molar-refractivity contribution is 9.10. The lowest BCUT2D eigenvalue weighted by Crippen LogP contribution is -2.43. The van der Waals surface area contributed by atoms with Crippen molar-refractivity contribution >= 4 is 31.7 Å². The van der Waals surface area contributed by atoms with Crippen LogP contribution < -0.4 is 4.74 Å². The molecule has 0 N–H and O–H groups in total. The Labute approximate surface area is 181 Å². The standard InChI is InChI=1S/C22H26BrNO4S/c1-16(2)18-6-8-21(9-7-18)28-14-22(25)24(20-10-11-29(26,27)15-20)13-17-4-3-5-19(23)12-17/h3-9,12,16,20H,10-11,13-15H2,1-2H3. The molecule has 1 atom stereocenters. The summed E-state index contributed by atoms with van der Waals surface area (Å²) in [6.45, 7) is 4.48. The van der Waals surface area contributed by atoms with Gasteiger partial charge in [-0.25, -0.2) is 8.42 Å². The predicted octanol–water partition coefficient (Wildman–Crippen LogP) is 4.17. The third-order valence-electron chi connectivity index (χ3n) is 5.12. The number of halogens is 1. The number of hydrogen-bond acceptors (Lipinski definition) is 4. The minimum Gasteiger partial charge on any atom is -0.484 e. The van der Waals surface area contributed by atoms with Crippen LogP contribution in [0.5, 0.6) is 5.75 Å². The van der Waals surface area contributed by atoms with Gasteiger partial charge in [-0.15, -0.1) is 0 Å². The molecule has 5 nitrogen and oxygen atoms in total. The SMILES string of the molecule is CC(C)c1ccc(OCC(=O)N(Cc2cccc(Br)c2)C2CCS(=O)(=O)C2)cc1. The molecular formula is C22H26BrNO4S. The molecule has 0 aromatic heterocycles. The lowest BCUT2D eigenvalue weighted by atomic mass is 10.0. The number of benzene rings is 2. The summed E-state index contributed by atoms with van der Waals surface area (Å²) in [6, 6.07) is 15.1. The summed E-state index contributed by atoms with van der Waals surface area (Å²) in [5.74, 6) is 0.979. The second-order valence-electron chi connectivity index (χ2n) is 7.72. The lowest BCUT2D eigenvalue weighted by molar-refractivity contribution is -0.136. The summed E-state index contributed by atoms with van der Waals surface area (Å²) in [6.07, 6.45) is 0.463. The molecule has 3 rings (SSSR count). The number of sulfone groups is 1. The van der Waals surface area contributed by atoms with E-state index in [1.807, 2.05) is 48.5 Å². The minimum absolute atomic E-state index is 0.00975. The van der Waals surface area contributed by atoms with E-state index >= 15 is 0 Å². The fraction of sp³-hybridized carbons (Fsp3) is 0.409. The molecule has 0 radical (unpaired) electrons. The van der Waals surface area contributed by atoms with Gasteiger partial charge in [0.25, 0.3) is 5.91 Å². The number of amides is 1. The largest absolute Gasteiger partial charge is 0.484 e. The monoisotopic (exact) mass is 479 g/mol. The van der Waals surface area contributed by atoms with E-state index in [2.05, 4.69) is 29.8 Å². The molecule has 1 aliphatic rings. The molecule has 29 heavy (non-hydrogen) atoms. The van der Waals surface area contributed by atoms with Crippen LogP contribution in [0.25, 0.3) is 0 Å². The van der Waals surface area contributed by atoms with E-state index in [0.29, 0.717) is 24.6 Å². The van der Waals surface area contributed by atoms with Gasteiger partial charge in [-0.3, -0.25) is 4.79 Å². The maximum atomic E-state index is 13.0. The van der Waals surface area contributed by atoms with Gasteiger partial charge in [0, 0.05) is 17.1 Å². The normalized spacial score (nSPS) is 18.0. The van der Waals surface area contributed by atoms with Gasteiger partial charge in [0.05, 0.1) is 11.5 Å². The molecule has 2 aromatic carbocycles. The second kappa shape index (κ2) is 9.30. The number of carbonyl (C=O) groups excluding carboxylic acids is 1. The highest BCUT2D eigenvalue weighted by Gasteiger charge is 2.34. The van der Waals surface area contributed by atoms with E-state index in [4.69, 9.17) is 4.74 Å². The molecule has 1 unspecified atom stereocenters. The van der Waals surface area contributed by atoms with Crippen LogP contribution in [0.3, 0.4) is 0 Å². The van der Waals surface area contributed by atoms with Gasteiger partial charge < -0.3 is 9.64 Å². The van der Waals surface area contributed by atoms with E-state index < -0.39 is 9.84 Å². The van der Waals surface area contributed by atoms with E-state index in [0.717, 1.165) is 10.0 Å². The molecule has 156 valence electrons. The minimum atomic E-state index is -3.10. The van der Waals surface area contributed by atoms with Crippen molar-refractivity contribution in [3.63, 3.8) is 0 Å². The zero-order valence-corrected chi connectivity index (χ0v) is 19.1. The van der Waals surface area contributed by atoms with Gasteiger partial charge in [0.1, 0.15) is 5.75 Å². The van der Waals surface area contributed by atoms with Crippen LogP contribution in [0.2, 0.25) is 0 Å². The van der Waals surface area contributed by atoms with E-state index in [1.165, 1.54) is 5.56 Å². The van der Waals surface area contributed by atoms with Crippen LogP contribution in [0, 0.1) is 0 Å². The molecule has 0 bridgehead atoms. The molecule has 1 aliphatic heterocycles. The van der Waals surface area contributed by atoms with Crippen molar-refractivity contribution in [3.05, 3.63) is 64.1 Å². The molecular weight excluding hydrogens is 454 g/mol. The van der Waals surface area contributed by atoms with Crippen molar-refractivity contribution in [3.8, 4) is 5.75 Å². The molecule has 0 saturated carbocycles. The van der Waals surface area contributed by atoms with Crippen molar-refractivity contribution in [2.24, 2.45) is 0 Å². The van der Waals surface area contributed by atoms with Crippen LogP contribution in [-0.2, 0) is 21.2 Å². The van der Waals surface area contributed by atoms with Crippen LogP contribution in [0.1, 0.15) is 37.3 Å².